The van der Waals surface area contributed by atoms with Gasteiger partial charge >= 0.3 is 0 Å². The van der Waals surface area contributed by atoms with Gasteiger partial charge in [-0.15, -0.1) is 0 Å². The number of fused-ring (bicyclic) bond motifs is 1. The summed E-state index contributed by atoms with van der Waals surface area (Å²) in [5.41, 5.74) is 2.07. The first-order chi connectivity index (χ1) is 11.2. The Bertz CT molecular complexity index is 740. The smallest absolute Gasteiger partial charge is 0.231 e. The first-order valence-electron chi connectivity index (χ1n) is 7.87. The van der Waals surface area contributed by atoms with Gasteiger partial charge in [-0.2, -0.15) is 5.10 Å². The van der Waals surface area contributed by atoms with Crippen molar-refractivity contribution in [3.8, 4) is 11.5 Å². The summed E-state index contributed by atoms with van der Waals surface area (Å²) in [6.07, 6.45) is 6.05. The average Bonchev–Trinajstić information content (AvgIpc) is 3.25. The molecule has 6 nitrogen and oxygen atoms in total. The molecular weight excluding hydrogens is 294 g/mol. The molecule has 6 heteroatoms. The summed E-state index contributed by atoms with van der Waals surface area (Å²) in [5, 5.41) is 4.13. The number of amides is 1. The number of benzene rings is 1. The fraction of sp³-hybridized carbons (Fsp3) is 0.412. The van der Waals surface area contributed by atoms with Crippen LogP contribution in [-0.4, -0.2) is 33.9 Å². The highest BCUT2D eigenvalue weighted by molar-refractivity contribution is 5.79. The Labute approximate surface area is 134 Å². The summed E-state index contributed by atoms with van der Waals surface area (Å²) in [4.78, 5) is 14.7. The van der Waals surface area contributed by atoms with Crippen molar-refractivity contribution in [2.45, 2.75) is 25.3 Å². The maximum atomic E-state index is 12.7. The van der Waals surface area contributed by atoms with E-state index in [0.29, 0.717) is 6.42 Å². The zero-order valence-corrected chi connectivity index (χ0v) is 13.1. The molecule has 0 spiro atoms. The molecule has 0 N–H and O–H groups in total. The molecule has 1 atom stereocenters. The molecule has 1 fully saturated rings. The number of hydrogen-bond acceptors (Lipinski definition) is 4. The lowest BCUT2D eigenvalue weighted by Gasteiger charge is -2.25. The van der Waals surface area contributed by atoms with Gasteiger partial charge in [0.2, 0.25) is 12.7 Å². The van der Waals surface area contributed by atoms with Gasteiger partial charge in [-0.05, 0) is 36.1 Å². The van der Waals surface area contributed by atoms with E-state index in [1.54, 1.807) is 10.9 Å². The minimum absolute atomic E-state index is 0.119. The molecule has 2 aromatic rings. The van der Waals surface area contributed by atoms with Crippen LogP contribution in [0, 0.1) is 0 Å². The lowest BCUT2D eigenvalue weighted by molar-refractivity contribution is -0.131. The molecule has 1 aromatic heterocycles. The van der Waals surface area contributed by atoms with E-state index in [1.807, 2.05) is 36.3 Å². The average molecular weight is 313 g/mol. The van der Waals surface area contributed by atoms with Crippen LogP contribution in [0.15, 0.2) is 30.6 Å². The molecule has 2 aliphatic heterocycles. The lowest BCUT2D eigenvalue weighted by atomic mass is 10.0. The number of aromatic nitrogens is 2. The van der Waals surface area contributed by atoms with Crippen molar-refractivity contribution in [1.29, 1.82) is 0 Å². The van der Waals surface area contributed by atoms with E-state index in [9.17, 15) is 4.79 Å². The van der Waals surface area contributed by atoms with Crippen LogP contribution in [-0.2, 0) is 18.3 Å². The van der Waals surface area contributed by atoms with Gasteiger partial charge in [0, 0.05) is 19.8 Å². The summed E-state index contributed by atoms with van der Waals surface area (Å²) < 4.78 is 12.5. The van der Waals surface area contributed by atoms with Crippen LogP contribution in [0.3, 0.4) is 0 Å². The topological polar surface area (TPSA) is 56.6 Å². The Morgan fingerprint density at radius 2 is 2.22 bits per heavy atom. The van der Waals surface area contributed by atoms with E-state index in [2.05, 4.69) is 5.10 Å². The highest BCUT2D eigenvalue weighted by Gasteiger charge is 2.31. The lowest BCUT2D eigenvalue weighted by Crippen LogP contribution is -2.31. The van der Waals surface area contributed by atoms with Gasteiger partial charge in [-0.25, -0.2) is 0 Å². The van der Waals surface area contributed by atoms with Gasteiger partial charge < -0.3 is 14.4 Å². The summed E-state index contributed by atoms with van der Waals surface area (Å²) >= 11 is 0. The molecule has 23 heavy (non-hydrogen) atoms. The van der Waals surface area contributed by atoms with Crippen molar-refractivity contribution >= 4 is 5.91 Å². The second-order valence-electron chi connectivity index (χ2n) is 6.06. The fourth-order valence-corrected chi connectivity index (χ4v) is 3.37. The molecule has 0 radical (unpaired) electrons. The van der Waals surface area contributed by atoms with Gasteiger partial charge in [0.25, 0.3) is 0 Å². The highest BCUT2D eigenvalue weighted by atomic mass is 16.7. The quantitative estimate of drug-likeness (QED) is 0.870. The van der Waals surface area contributed by atoms with Crippen LogP contribution in [0.4, 0.5) is 0 Å². The number of likely N-dealkylation sites (tertiary alicyclic amines) is 1. The maximum absolute atomic E-state index is 12.7. The third-order valence-electron chi connectivity index (χ3n) is 4.47. The minimum Gasteiger partial charge on any atom is -0.454 e. The van der Waals surface area contributed by atoms with Crippen molar-refractivity contribution < 1.29 is 14.3 Å². The van der Waals surface area contributed by atoms with Gasteiger partial charge in [0.15, 0.2) is 11.5 Å². The Morgan fingerprint density at radius 3 is 3.04 bits per heavy atom. The van der Waals surface area contributed by atoms with E-state index in [1.165, 1.54) is 0 Å². The molecule has 1 saturated heterocycles. The molecule has 0 saturated carbocycles. The second-order valence-corrected chi connectivity index (χ2v) is 6.06. The van der Waals surface area contributed by atoms with Gasteiger partial charge in [-0.3, -0.25) is 9.48 Å². The van der Waals surface area contributed by atoms with Gasteiger partial charge in [0.05, 0.1) is 18.7 Å². The summed E-state index contributed by atoms with van der Waals surface area (Å²) in [5.74, 6) is 1.70. The molecule has 1 aromatic carbocycles. The SMILES string of the molecule is Cn1cc(CC(=O)N2CCC[C@@H]2c2ccc3c(c2)OCO3)cn1. The highest BCUT2D eigenvalue weighted by Crippen LogP contribution is 2.39. The maximum Gasteiger partial charge on any atom is 0.231 e. The summed E-state index contributed by atoms with van der Waals surface area (Å²) in [6.45, 7) is 1.07. The van der Waals surface area contributed by atoms with Crippen LogP contribution < -0.4 is 9.47 Å². The molecule has 0 aliphatic carbocycles. The van der Waals surface area contributed by atoms with Crippen LogP contribution in [0.1, 0.15) is 30.0 Å². The largest absolute Gasteiger partial charge is 0.454 e. The number of carbonyl (C=O) groups excluding carboxylic acids is 1. The van der Waals surface area contributed by atoms with Crippen molar-refractivity contribution in [3.05, 3.63) is 41.7 Å². The van der Waals surface area contributed by atoms with Crippen LogP contribution in [0.25, 0.3) is 0 Å². The zero-order valence-electron chi connectivity index (χ0n) is 13.1. The van der Waals surface area contributed by atoms with Crippen LogP contribution >= 0.6 is 0 Å². The number of rotatable bonds is 3. The standard InChI is InChI=1S/C17H19N3O3/c1-19-10-12(9-18-19)7-17(21)20-6-2-3-14(20)13-4-5-15-16(8-13)23-11-22-15/h4-5,8-10,14H,2-3,6-7,11H2,1H3/t14-/m1/s1. The molecule has 2 aliphatic rings. The summed E-state index contributed by atoms with van der Waals surface area (Å²) in [7, 11) is 1.86. The Hall–Kier alpha value is -2.50. The number of nitrogens with zero attached hydrogens (tertiary/aromatic N) is 3. The third-order valence-corrected chi connectivity index (χ3v) is 4.47. The van der Waals surface area contributed by atoms with Gasteiger partial charge in [0.1, 0.15) is 0 Å². The van der Waals surface area contributed by atoms with Crippen molar-refractivity contribution in [3.63, 3.8) is 0 Å². The predicted octanol–water partition coefficient (Wildman–Crippen LogP) is 2.05. The van der Waals surface area contributed by atoms with Crippen molar-refractivity contribution in [2.24, 2.45) is 7.05 Å². The zero-order chi connectivity index (χ0) is 15.8. The van der Waals surface area contributed by atoms with Crippen LogP contribution in [0.2, 0.25) is 0 Å². The van der Waals surface area contributed by atoms with E-state index >= 15 is 0 Å². The predicted molar refractivity (Wildman–Crippen MR) is 83.2 cm³/mol. The number of aryl methyl sites for hydroxylation is 1. The molecule has 0 unspecified atom stereocenters. The Kier molecular flexibility index (Phi) is 3.44. The molecule has 1 amide bonds. The van der Waals surface area contributed by atoms with E-state index in [-0.39, 0.29) is 18.7 Å². The van der Waals surface area contributed by atoms with E-state index in [4.69, 9.17) is 9.47 Å². The molecule has 3 heterocycles. The number of carbonyl (C=O) groups is 1. The minimum atomic E-state index is 0.119. The third kappa shape index (κ3) is 2.65. The number of ether oxygens (including phenoxy) is 2. The molecule has 4 rings (SSSR count). The first-order valence-corrected chi connectivity index (χ1v) is 7.87. The first kappa shape index (κ1) is 14.1. The van der Waals surface area contributed by atoms with E-state index in [0.717, 1.165) is 42.0 Å². The summed E-state index contributed by atoms with van der Waals surface area (Å²) in [6, 6.07) is 6.09. The normalized spacial score (nSPS) is 19.3. The van der Waals surface area contributed by atoms with Crippen molar-refractivity contribution in [1.82, 2.24) is 14.7 Å². The monoisotopic (exact) mass is 313 g/mol. The van der Waals surface area contributed by atoms with Crippen molar-refractivity contribution in [2.75, 3.05) is 13.3 Å². The molecule has 0 bridgehead atoms. The molecule has 120 valence electrons. The Balaban J connectivity index is 1.53. The number of hydrogen-bond donors (Lipinski definition) is 0. The van der Waals surface area contributed by atoms with Crippen LogP contribution in [0.5, 0.6) is 11.5 Å². The Morgan fingerprint density at radius 1 is 1.35 bits per heavy atom. The second kappa shape index (κ2) is 5.61. The van der Waals surface area contributed by atoms with Gasteiger partial charge in [-0.1, -0.05) is 6.07 Å². The fourth-order valence-electron chi connectivity index (χ4n) is 3.37. The van der Waals surface area contributed by atoms with E-state index < -0.39 is 0 Å². The molecular formula is C17H19N3O3.